The number of rotatable bonds is 5. The lowest BCUT2D eigenvalue weighted by atomic mass is 10.1. The molecule has 0 aliphatic carbocycles. The standard InChI is InChI=1S/C22H25N3O/c1-17-7-8-21-19(13-17)20(14-23-21)22(26)16-25-11-9-24(10-12-25)15-18-5-3-2-4-6-18/h2-8,13-14,23H,9-12,15-16H2,1H3/p+2. The van der Waals surface area contributed by atoms with E-state index in [-0.39, 0.29) is 5.78 Å². The topological polar surface area (TPSA) is 41.7 Å². The van der Waals surface area contributed by atoms with Crippen molar-refractivity contribution in [3.63, 3.8) is 0 Å². The molecular formula is C22H27N3O+2. The quantitative estimate of drug-likeness (QED) is 0.582. The van der Waals surface area contributed by atoms with Gasteiger partial charge in [-0.1, -0.05) is 42.0 Å². The van der Waals surface area contributed by atoms with Crippen LogP contribution in [0.2, 0.25) is 0 Å². The molecule has 0 amide bonds. The van der Waals surface area contributed by atoms with Crippen LogP contribution in [0.5, 0.6) is 0 Å². The minimum Gasteiger partial charge on any atom is -0.360 e. The highest BCUT2D eigenvalue weighted by molar-refractivity contribution is 6.08. The van der Waals surface area contributed by atoms with E-state index in [1.165, 1.54) is 16.0 Å². The van der Waals surface area contributed by atoms with Crippen molar-refractivity contribution in [3.05, 3.63) is 71.4 Å². The number of fused-ring (bicyclic) bond motifs is 1. The van der Waals surface area contributed by atoms with Gasteiger partial charge in [0.15, 0.2) is 0 Å². The average Bonchev–Trinajstić information content (AvgIpc) is 3.07. The van der Waals surface area contributed by atoms with E-state index < -0.39 is 0 Å². The largest absolute Gasteiger partial charge is 0.360 e. The van der Waals surface area contributed by atoms with Crippen molar-refractivity contribution < 1.29 is 14.6 Å². The molecule has 0 bridgehead atoms. The van der Waals surface area contributed by atoms with E-state index in [0.717, 1.165) is 49.2 Å². The maximum atomic E-state index is 12.8. The van der Waals surface area contributed by atoms with Crippen molar-refractivity contribution in [1.82, 2.24) is 4.98 Å². The SMILES string of the molecule is Cc1ccc2[nH]cc(C(=O)C[NH+]3CC[NH+](Cc4ccccc4)CC3)c2c1. The number of H-pyrrole nitrogens is 1. The molecule has 4 nitrogen and oxygen atoms in total. The van der Waals surface area contributed by atoms with Crippen LogP contribution in [0.25, 0.3) is 10.9 Å². The Kier molecular flexibility index (Phi) is 4.87. The minimum absolute atomic E-state index is 0.253. The summed E-state index contributed by atoms with van der Waals surface area (Å²) in [6.45, 7) is 8.14. The van der Waals surface area contributed by atoms with Gasteiger partial charge in [-0.25, -0.2) is 0 Å². The Hall–Kier alpha value is -2.43. The van der Waals surface area contributed by atoms with Crippen molar-refractivity contribution in [1.29, 1.82) is 0 Å². The van der Waals surface area contributed by atoms with E-state index in [0.29, 0.717) is 6.54 Å². The number of hydrogen-bond donors (Lipinski definition) is 3. The van der Waals surface area contributed by atoms with Gasteiger partial charge >= 0.3 is 0 Å². The molecule has 1 aliphatic heterocycles. The number of nitrogens with one attached hydrogen (secondary N) is 3. The average molecular weight is 349 g/mol. The summed E-state index contributed by atoms with van der Waals surface area (Å²) in [6, 6.07) is 16.9. The third kappa shape index (κ3) is 3.71. The smallest absolute Gasteiger partial charge is 0.219 e. The second-order valence-corrected chi connectivity index (χ2v) is 7.51. The first-order valence-corrected chi connectivity index (χ1v) is 9.51. The molecule has 0 spiro atoms. The molecule has 3 N–H and O–H groups in total. The van der Waals surface area contributed by atoms with E-state index in [4.69, 9.17) is 0 Å². The van der Waals surface area contributed by atoms with Crippen LogP contribution in [0.3, 0.4) is 0 Å². The summed E-state index contributed by atoms with van der Waals surface area (Å²) in [5.74, 6) is 0.253. The number of quaternary nitrogens is 2. The van der Waals surface area contributed by atoms with Crippen LogP contribution >= 0.6 is 0 Å². The molecule has 0 saturated carbocycles. The normalized spacial score (nSPS) is 20.3. The first-order chi connectivity index (χ1) is 12.7. The van der Waals surface area contributed by atoms with Gasteiger partial charge in [0, 0.05) is 28.2 Å². The van der Waals surface area contributed by atoms with Crippen LogP contribution in [0, 0.1) is 6.92 Å². The Morgan fingerprint density at radius 3 is 2.50 bits per heavy atom. The Balaban J connectivity index is 1.35. The molecule has 4 rings (SSSR count). The minimum atomic E-state index is 0.253. The maximum Gasteiger partial charge on any atom is 0.219 e. The number of aryl methyl sites for hydroxylation is 1. The first-order valence-electron chi connectivity index (χ1n) is 9.51. The lowest BCUT2D eigenvalue weighted by Crippen LogP contribution is -3.27. The highest BCUT2D eigenvalue weighted by Gasteiger charge is 2.26. The molecule has 0 atom stereocenters. The molecular weight excluding hydrogens is 322 g/mol. The zero-order valence-corrected chi connectivity index (χ0v) is 15.3. The number of carbonyl (C=O) groups is 1. The van der Waals surface area contributed by atoms with Crippen molar-refractivity contribution in [2.75, 3.05) is 32.7 Å². The number of benzene rings is 2. The van der Waals surface area contributed by atoms with Crippen LogP contribution in [-0.2, 0) is 6.54 Å². The molecule has 2 aromatic carbocycles. The number of aromatic amines is 1. The second kappa shape index (κ2) is 7.44. The molecule has 1 saturated heterocycles. The van der Waals surface area contributed by atoms with Crippen molar-refractivity contribution >= 4 is 16.7 Å². The monoisotopic (exact) mass is 349 g/mol. The van der Waals surface area contributed by atoms with Crippen molar-refractivity contribution in [2.45, 2.75) is 13.5 Å². The number of aromatic nitrogens is 1. The molecule has 26 heavy (non-hydrogen) atoms. The molecule has 3 aromatic rings. The zero-order chi connectivity index (χ0) is 17.9. The van der Waals surface area contributed by atoms with Crippen LogP contribution in [0.4, 0.5) is 0 Å². The number of piperazine rings is 1. The Morgan fingerprint density at radius 2 is 1.73 bits per heavy atom. The summed E-state index contributed by atoms with van der Waals surface area (Å²) in [4.78, 5) is 19.1. The van der Waals surface area contributed by atoms with Crippen LogP contribution in [0.15, 0.2) is 54.7 Å². The lowest BCUT2D eigenvalue weighted by molar-refractivity contribution is -1.01. The molecule has 2 heterocycles. The highest BCUT2D eigenvalue weighted by Crippen LogP contribution is 2.19. The van der Waals surface area contributed by atoms with Crippen LogP contribution in [-0.4, -0.2) is 43.5 Å². The Bertz CT molecular complexity index is 892. The third-order valence-corrected chi connectivity index (χ3v) is 5.51. The Labute approximate surface area is 154 Å². The number of ketones is 1. The summed E-state index contributed by atoms with van der Waals surface area (Å²) < 4.78 is 0. The molecule has 1 aliphatic rings. The first kappa shape index (κ1) is 17.0. The summed E-state index contributed by atoms with van der Waals surface area (Å²) in [7, 11) is 0. The van der Waals surface area contributed by atoms with Crippen molar-refractivity contribution in [3.8, 4) is 0 Å². The predicted molar refractivity (Wildman–Crippen MR) is 104 cm³/mol. The van der Waals surface area contributed by atoms with E-state index >= 15 is 0 Å². The summed E-state index contributed by atoms with van der Waals surface area (Å²) in [6.07, 6.45) is 1.88. The summed E-state index contributed by atoms with van der Waals surface area (Å²) in [5.41, 5.74) is 4.48. The van der Waals surface area contributed by atoms with Gasteiger partial charge in [-0.2, -0.15) is 0 Å². The van der Waals surface area contributed by atoms with Gasteiger partial charge in [0.25, 0.3) is 0 Å². The summed E-state index contributed by atoms with van der Waals surface area (Å²) in [5, 5.41) is 1.06. The van der Waals surface area contributed by atoms with E-state index in [1.807, 2.05) is 6.20 Å². The highest BCUT2D eigenvalue weighted by atomic mass is 16.1. The van der Waals surface area contributed by atoms with Gasteiger partial charge in [-0.15, -0.1) is 0 Å². The fourth-order valence-corrected chi connectivity index (χ4v) is 3.98. The predicted octanol–water partition coefficient (Wildman–Crippen LogP) is 0.643. The van der Waals surface area contributed by atoms with Gasteiger partial charge in [0.1, 0.15) is 39.3 Å². The molecule has 1 fully saturated rings. The molecule has 4 heteroatoms. The third-order valence-electron chi connectivity index (χ3n) is 5.51. The molecule has 0 unspecified atom stereocenters. The van der Waals surface area contributed by atoms with E-state index in [1.54, 1.807) is 4.90 Å². The van der Waals surface area contributed by atoms with Gasteiger partial charge in [-0.3, -0.25) is 4.79 Å². The number of Topliss-reactive ketones (excluding diaryl/α,β-unsaturated/α-hetero) is 1. The van der Waals surface area contributed by atoms with Crippen molar-refractivity contribution in [2.24, 2.45) is 0 Å². The Morgan fingerprint density at radius 1 is 1.00 bits per heavy atom. The number of hydrogen-bond acceptors (Lipinski definition) is 1. The van der Waals surface area contributed by atoms with Gasteiger partial charge in [0.05, 0.1) is 0 Å². The van der Waals surface area contributed by atoms with Gasteiger partial charge in [0.2, 0.25) is 5.78 Å². The van der Waals surface area contributed by atoms with Gasteiger partial charge < -0.3 is 14.8 Å². The fraction of sp³-hybridized carbons (Fsp3) is 0.318. The van der Waals surface area contributed by atoms with Crippen LogP contribution in [0.1, 0.15) is 21.5 Å². The second-order valence-electron chi connectivity index (χ2n) is 7.51. The fourth-order valence-electron chi connectivity index (χ4n) is 3.98. The summed E-state index contributed by atoms with van der Waals surface area (Å²) >= 11 is 0. The molecule has 1 aromatic heterocycles. The lowest BCUT2D eigenvalue weighted by Gasteiger charge is -2.29. The molecule has 0 radical (unpaired) electrons. The zero-order valence-electron chi connectivity index (χ0n) is 15.3. The number of carbonyl (C=O) groups excluding carboxylic acids is 1. The van der Waals surface area contributed by atoms with E-state index in [9.17, 15) is 4.79 Å². The van der Waals surface area contributed by atoms with Gasteiger partial charge in [-0.05, 0) is 19.1 Å². The van der Waals surface area contributed by atoms with E-state index in [2.05, 4.69) is 60.4 Å². The maximum absolute atomic E-state index is 12.8. The molecule has 134 valence electrons. The van der Waals surface area contributed by atoms with Crippen LogP contribution < -0.4 is 9.80 Å².